The van der Waals surface area contributed by atoms with Crippen molar-refractivity contribution in [2.24, 2.45) is 0 Å². The lowest BCUT2D eigenvalue weighted by molar-refractivity contribution is -0.117. The lowest BCUT2D eigenvalue weighted by Crippen LogP contribution is -2.24. The number of hydrogen-bond donors (Lipinski definition) is 1. The number of carbonyl (C=O) groups is 1. The second kappa shape index (κ2) is 10.6. The number of aromatic nitrogens is 2. The van der Waals surface area contributed by atoms with Crippen LogP contribution in [0.15, 0.2) is 54.2 Å². The van der Waals surface area contributed by atoms with Crippen LogP contribution in [0.5, 0.6) is 11.5 Å². The van der Waals surface area contributed by atoms with E-state index in [0.717, 1.165) is 16.3 Å². The van der Waals surface area contributed by atoms with Crippen LogP contribution in [0.2, 0.25) is 0 Å². The van der Waals surface area contributed by atoms with Gasteiger partial charge in [-0.1, -0.05) is 6.07 Å². The number of rotatable bonds is 9. The summed E-state index contributed by atoms with van der Waals surface area (Å²) in [6.07, 6.45) is 6.34. The molecule has 0 bridgehead atoms. The number of hydrogen-bond acceptors (Lipinski definition) is 6. The predicted octanol–water partition coefficient (Wildman–Crippen LogP) is 5.10. The number of nitrogens with one attached hydrogen (secondary N) is 1. The molecule has 3 rings (SSSR count). The molecule has 1 unspecified atom stereocenters. The van der Waals surface area contributed by atoms with Gasteiger partial charge in [0, 0.05) is 29.4 Å². The van der Waals surface area contributed by atoms with E-state index in [-0.39, 0.29) is 23.4 Å². The van der Waals surface area contributed by atoms with Gasteiger partial charge in [-0.3, -0.25) is 9.78 Å². The van der Waals surface area contributed by atoms with Crippen LogP contribution in [0.3, 0.4) is 0 Å². The number of nitrogens with zero attached hydrogens (tertiary/aromatic N) is 2. The third-order valence-corrected chi connectivity index (χ3v) is 5.17. The van der Waals surface area contributed by atoms with Crippen molar-refractivity contribution in [1.29, 1.82) is 0 Å². The number of pyridine rings is 1. The van der Waals surface area contributed by atoms with E-state index in [4.69, 9.17) is 4.74 Å². The third-order valence-electron chi connectivity index (χ3n) is 4.14. The van der Waals surface area contributed by atoms with Crippen LogP contribution >= 0.6 is 11.3 Å². The number of amides is 1. The molecule has 0 aliphatic heterocycles. The lowest BCUT2D eigenvalue weighted by atomic mass is 10.2. The average molecular weight is 445 g/mol. The predicted molar refractivity (Wildman–Crippen MR) is 115 cm³/mol. The summed E-state index contributed by atoms with van der Waals surface area (Å²) < 4.78 is 34.8. The second-order valence-corrected chi connectivity index (χ2v) is 7.28. The van der Waals surface area contributed by atoms with Crippen LogP contribution in [0.4, 0.5) is 8.78 Å². The highest BCUT2D eigenvalue weighted by Gasteiger charge is 2.14. The molecule has 9 heteroatoms. The minimum Gasteiger partial charge on any atom is -0.490 e. The van der Waals surface area contributed by atoms with Crippen LogP contribution in [0.1, 0.15) is 30.5 Å². The molecule has 162 valence electrons. The van der Waals surface area contributed by atoms with Crippen molar-refractivity contribution in [1.82, 2.24) is 15.3 Å². The van der Waals surface area contributed by atoms with Crippen LogP contribution in [0.25, 0.3) is 17.3 Å². The monoisotopic (exact) mass is 445 g/mol. The summed E-state index contributed by atoms with van der Waals surface area (Å²) in [6, 6.07) is 7.95. The summed E-state index contributed by atoms with van der Waals surface area (Å²) in [7, 11) is 0. The van der Waals surface area contributed by atoms with Gasteiger partial charge >= 0.3 is 6.61 Å². The molecule has 0 saturated heterocycles. The quantitative estimate of drug-likeness (QED) is 0.464. The Balaban J connectivity index is 1.63. The van der Waals surface area contributed by atoms with Crippen molar-refractivity contribution >= 4 is 23.3 Å². The fourth-order valence-electron chi connectivity index (χ4n) is 2.73. The molecule has 0 fully saturated rings. The summed E-state index contributed by atoms with van der Waals surface area (Å²) >= 11 is 1.46. The molecule has 31 heavy (non-hydrogen) atoms. The molecule has 3 aromatic rings. The summed E-state index contributed by atoms with van der Waals surface area (Å²) in [5, 5.41) is 5.57. The Kier molecular flexibility index (Phi) is 7.66. The van der Waals surface area contributed by atoms with E-state index >= 15 is 0 Å². The van der Waals surface area contributed by atoms with Crippen LogP contribution in [0, 0.1) is 0 Å². The molecule has 2 heterocycles. The van der Waals surface area contributed by atoms with Gasteiger partial charge in [-0.25, -0.2) is 4.98 Å². The molecule has 6 nitrogen and oxygen atoms in total. The van der Waals surface area contributed by atoms with Gasteiger partial charge in [0.2, 0.25) is 5.91 Å². The van der Waals surface area contributed by atoms with Gasteiger partial charge < -0.3 is 14.8 Å². The first kappa shape index (κ1) is 22.4. The fourth-order valence-corrected chi connectivity index (χ4v) is 3.56. The largest absolute Gasteiger partial charge is 0.490 e. The highest BCUT2D eigenvalue weighted by molar-refractivity contribution is 7.10. The Bertz CT molecular complexity index is 1040. The summed E-state index contributed by atoms with van der Waals surface area (Å²) in [4.78, 5) is 20.9. The van der Waals surface area contributed by atoms with Gasteiger partial charge in [-0.15, -0.1) is 11.3 Å². The Morgan fingerprint density at radius 2 is 2.00 bits per heavy atom. The van der Waals surface area contributed by atoms with Crippen molar-refractivity contribution in [3.63, 3.8) is 0 Å². The van der Waals surface area contributed by atoms with Crippen LogP contribution in [-0.2, 0) is 4.79 Å². The zero-order valence-electron chi connectivity index (χ0n) is 16.9. The summed E-state index contributed by atoms with van der Waals surface area (Å²) in [6.45, 7) is 0.935. The van der Waals surface area contributed by atoms with Gasteiger partial charge in [-0.05, 0) is 49.8 Å². The smallest absolute Gasteiger partial charge is 0.387 e. The van der Waals surface area contributed by atoms with Crippen molar-refractivity contribution in [3.05, 3.63) is 64.8 Å². The maximum Gasteiger partial charge on any atom is 0.387 e. The van der Waals surface area contributed by atoms with Crippen molar-refractivity contribution in [2.45, 2.75) is 26.5 Å². The Hall–Kier alpha value is -3.33. The first-order chi connectivity index (χ1) is 15.0. The average Bonchev–Trinajstić information content (AvgIpc) is 3.25. The molecule has 1 amide bonds. The molecular weight excluding hydrogens is 424 g/mol. The Morgan fingerprint density at radius 1 is 1.23 bits per heavy atom. The Labute approximate surface area is 182 Å². The number of ether oxygens (including phenoxy) is 2. The van der Waals surface area contributed by atoms with Gasteiger partial charge in [0.05, 0.1) is 18.3 Å². The topological polar surface area (TPSA) is 73.3 Å². The van der Waals surface area contributed by atoms with E-state index in [1.165, 1.54) is 29.5 Å². The SMILES string of the molecule is CCOc1cc(C=CC(=O)NC(C)c2nc(-c3ccncc3)cs2)ccc1OC(F)F. The normalized spacial score (nSPS) is 12.2. The molecule has 0 radical (unpaired) electrons. The molecule has 0 aliphatic carbocycles. The highest BCUT2D eigenvalue weighted by Crippen LogP contribution is 2.30. The van der Waals surface area contributed by atoms with E-state index in [1.807, 2.05) is 24.4 Å². The maximum atomic E-state index is 12.5. The van der Waals surface area contributed by atoms with Crippen LogP contribution < -0.4 is 14.8 Å². The number of carbonyl (C=O) groups excluding carboxylic acids is 1. The number of halogens is 2. The second-order valence-electron chi connectivity index (χ2n) is 6.39. The zero-order valence-corrected chi connectivity index (χ0v) is 17.7. The van der Waals surface area contributed by atoms with E-state index in [0.29, 0.717) is 12.2 Å². The van der Waals surface area contributed by atoms with Crippen molar-refractivity contribution in [2.75, 3.05) is 6.61 Å². The molecule has 1 atom stereocenters. The minimum atomic E-state index is -2.95. The van der Waals surface area contributed by atoms with E-state index in [2.05, 4.69) is 20.0 Å². The molecule has 1 aromatic carbocycles. The van der Waals surface area contributed by atoms with E-state index in [1.54, 1.807) is 31.5 Å². The van der Waals surface area contributed by atoms with Gasteiger partial charge in [0.15, 0.2) is 11.5 Å². The third kappa shape index (κ3) is 6.32. The van der Waals surface area contributed by atoms with Gasteiger partial charge in [0.1, 0.15) is 5.01 Å². The minimum absolute atomic E-state index is 0.0548. The zero-order chi connectivity index (χ0) is 22.2. The molecule has 0 aliphatic rings. The fraction of sp³-hybridized carbons (Fsp3) is 0.227. The first-order valence-corrected chi connectivity index (χ1v) is 10.4. The van der Waals surface area contributed by atoms with Crippen molar-refractivity contribution < 1.29 is 23.0 Å². The Morgan fingerprint density at radius 3 is 2.71 bits per heavy atom. The number of benzene rings is 1. The van der Waals surface area contributed by atoms with Crippen molar-refractivity contribution in [3.8, 4) is 22.8 Å². The maximum absolute atomic E-state index is 12.5. The van der Waals surface area contributed by atoms with Gasteiger partial charge in [-0.2, -0.15) is 8.78 Å². The lowest BCUT2D eigenvalue weighted by Gasteiger charge is -2.12. The molecule has 0 spiro atoms. The van der Waals surface area contributed by atoms with Gasteiger partial charge in [0.25, 0.3) is 0 Å². The standard InChI is InChI=1S/C22H21F2N3O3S/c1-3-29-19-12-15(4-6-18(19)30-22(23)24)5-7-20(28)26-14(2)21-27-17(13-31-21)16-8-10-25-11-9-16/h4-14,22H,3H2,1-2H3,(H,26,28). The summed E-state index contributed by atoms with van der Waals surface area (Å²) in [5.41, 5.74) is 2.40. The highest BCUT2D eigenvalue weighted by atomic mass is 32.1. The molecule has 2 aromatic heterocycles. The summed E-state index contributed by atoms with van der Waals surface area (Å²) in [5.74, 6) is -0.176. The first-order valence-electron chi connectivity index (χ1n) is 9.52. The molecular formula is C22H21F2N3O3S. The number of thiazole rings is 1. The van der Waals surface area contributed by atoms with E-state index < -0.39 is 6.61 Å². The molecule has 0 saturated carbocycles. The van der Waals surface area contributed by atoms with E-state index in [9.17, 15) is 13.6 Å². The van der Waals surface area contributed by atoms with Crippen LogP contribution in [-0.4, -0.2) is 29.1 Å². The molecule has 1 N–H and O–H groups in total. The number of alkyl halides is 2.